The molecule has 0 aromatic heterocycles. The molecule has 2 aliphatic rings. The maximum Gasteiger partial charge on any atom is 0.419 e. The van der Waals surface area contributed by atoms with Crippen molar-refractivity contribution in [1.82, 2.24) is 4.90 Å². The van der Waals surface area contributed by atoms with E-state index >= 15 is 0 Å². The number of benzene rings is 2. The largest absolute Gasteiger partial charge is 0.419 e. The first-order valence-corrected chi connectivity index (χ1v) is 9.83. The van der Waals surface area contributed by atoms with Gasteiger partial charge < -0.3 is 9.64 Å². The number of carbonyl (C=O) groups is 1. The lowest BCUT2D eigenvalue weighted by Crippen LogP contribution is -2.45. The minimum atomic E-state index is -0.372. The van der Waals surface area contributed by atoms with Crippen LogP contribution in [0.2, 0.25) is 0 Å². The van der Waals surface area contributed by atoms with Crippen molar-refractivity contribution < 1.29 is 9.53 Å². The Morgan fingerprint density at radius 2 is 1.93 bits per heavy atom. The quantitative estimate of drug-likeness (QED) is 0.779. The van der Waals surface area contributed by atoms with Gasteiger partial charge in [-0.1, -0.05) is 24.6 Å². The third kappa shape index (κ3) is 2.76. The standard InChI is InChI=1S/C23H29N3O2/c1-15-7-9-19(16(2)13-15)26(6)22(27)28-17-8-10-20-18(14-17)23(3)11-12-24(4)21(23)25(20)5/h7-10,13-14,21H,11-12H2,1-6H3. The molecule has 2 aliphatic heterocycles. The average molecular weight is 380 g/mol. The molecule has 0 bridgehead atoms. The van der Waals surface area contributed by atoms with Crippen molar-refractivity contribution >= 4 is 17.5 Å². The van der Waals surface area contributed by atoms with E-state index in [1.165, 1.54) is 16.8 Å². The van der Waals surface area contributed by atoms with Gasteiger partial charge in [-0.3, -0.25) is 9.80 Å². The van der Waals surface area contributed by atoms with Crippen LogP contribution in [0.5, 0.6) is 5.75 Å². The molecule has 1 fully saturated rings. The van der Waals surface area contributed by atoms with Crippen LogP contribution < -0.4 is 14.5 Å². The zero-order valence-electron chi connectivity index (χ0n) is 17.6. The Kier molecular flexibility index (Phi) is 4.38. The van der Waals surface area contributed by atoms with E-state index < -0.39 is 0 Å². The van der Waals surface area contributed by atoms with Gasteiger partial charge in [-0.15, -0.1) is 0 Å². The van der Waals surface area contributed by atoms with Crippen LogP contribution in [-0.2, 0) is 5.41 Å². The summed E-state index contributed by atoms with van der Waals surface area (Å²) < 4.78 is 5.75. The Bertz CT molecular complexity index is 941. The molecule has 0 aliphatic carbocycles. The molecular formula is C23H29N3O2. The van der Waals surface area contributed by atoms with Crippen LogP contribution in [0.3, 0.4) is 0 Å². The molecule has 28 heavy (non-hydrogen) atoms. The normalized spacial score (nSPS) is 23.5. The van der Waals surface area contributed by atoms with Gasteiger partial charge in [0.15, 0.2) is 0 Å². The molecule has 2 atom stereocenters. The fraction of sp³-hybridized carbons (Fsp3) is 0.435. The molecule has 0 radical (unpaired) electrons. The lowest BCUT2D eigenvalue weighted by atomic mass is 9.81. The second-order valence-corrected chi connectivity index (χ2v) is 8.53. The summed E-state index contributed by atoms with van der Waals surface area (Å²) in [5.74, 6) is 0.602. The second-order valence-electron chi connectivity index (χ2n) is 8.53. The first kappa shape index (κ1) is 18.8. The van der Waals surface area contributed by atoms with Crippen LogP contribution in [-0.4, -0.2) is 44.8 Å². The molecule has 0 N–H and O–H groups in total. The Hall–Kier alpha value is -2.53. The number of ether oxygens (including phenoxy) is 1. The number of anilines is 2. The van der Waals surface area contributed by atoms with Gasteiger partial charge in [0.05, 0.1) is 6.17 Å². The smallest absolute Gasteiger partial charge is 0.410 e. The Morgan fingerprint density at radius 1 is 1.18 bits per heavy atom. The summed E-state index contributed by atoms with van der Waals surface area (Å²) in [5.41, 5.74) is 5.64. The summed E-state index contributed by atoms with van der Waals surface area (Å²) in [6.07, 6.45) is 1.08. The number of likely N-dealkylation sites (N-methyl/N-ethyl adjacent to an activating group) is 2. The van der Waals surface area contributed by atoms with Gasteiger partial charge in [-0.05, 0) is 62.7 Å². The number of likely N-dealkylation sites (tertiary alicyclic amines) is 1. The lowest BCUT2D eigenvalue weighted by Gasteiger charge is -2.32. The second kappa shape index (κ2) is 6.52. The van der Waals surface area contributed by atoms with Gasteiger partial charge in [0.1, 0.15) is 5.75 Å². The van der Waals surface area contributed by atoms with E-state index in [1.807, 2.05) is 32.0 Å². The van der Waals surface area contributed by atoms with Crippen molar-refractivity contribution in [2.45, 2.75) is 38.8 Å². The summed E-state index contributed by atoms with van der Waals surface area (Å²) in [4.78, 5) is 19.1. The topological polar surface area (TPSA) is 36.0 Å². The maximum absolute atomic E-state index is 12.8. The van der Waals surface area contributed by atoms with E-state index in [0.29, 0.717) is 11.9 Å². The molecule has 5 heteroatoms. The van der Waals surface area contributed by atoms with Crippen LogP contribution in [0.4, 0.5) is 16.2 Å². The van der Waals surface area contributed by atoms with Crippen LogP contribution in [0.15, 0.2) is 36.4 Å². The molecule has 2 heterocycles. The van der Waals surface area contributed by atoms with Gasteiger partial charge in [0.2, 0.25) is 0 Å². The number of hydrogen-bond donors (Lipinski definition) is 0. The molecule has 1 amide bonds. The Labute approximate surface area is 167 Å². The van der Waals surface area contributed by atoms with Gasteiger partial charge in [0.25, 0.3) is 0 Å². The van der Waals surface area contributed by atoms with Crippen molar-refractivity contribution in [2.75, 3.05) is 37.5 Å². The van der Waals surface area contributed by atoms with E-state index in [4.69, 9.17) is 4.74 Å². The van der Waals surface area contributed by atoms with Gasteiger partial charge >= 0.3 is 6.09 Å². The Balaban J connectivity index is 1.59. The highest BCUT2D eigenvalue weighted by molar-refractivity contribution is 5.89. The summed E-state index contributed by atoms with van der Waals surface area (Å²) in [6, 6.07) is 12.1. The Morgan fingerprint density at radius 3 is 2.64 bits per heavy atom. The summed E-state index contributed by atoms with van der Waals surface area (Å²) in [6.45, 7) is 7.45. The molecule has 2 unspecified atom stereocenters. The number of carbonyl (C=O) groups excluding carboxylic acids is 1. The summed E-state index contributed by atoms with van der Waals surface area (Å²) in [5, 5.41) is 0. The van der Waals surface area contributed by atoms with Gasteiger partial charge in [0, 0.05) is 37.4 Å². The molecule has 2 aromatic rings. The number of amides is 1. The minimum Gasteiger partial charge on any atom is -0.410 e. The van der Waals surface area contributed by atoms with Crippen molar-refractivity contribution in [3.63, 3.8) is 0 Å². The highest BCUT2D eigenvalue weighted by Crippen LogP contribution is 2.51. The number of hydrogen-bond acceptors (Lipinski definition) is 4. The molecule has 2 aromatic carbocycles. The maximum atomic E-state index is 12.8. The van der Waals surface area contributed by atoms with Crippen LogP contribution in [0.25, 0.3) is 0 Å². The van der Waals surface area contributed by atoms with Crippen molar-refractivity contribution in [3.8, 4) is 5.75 Å². The number of fused-ring (bicyclic) bond motifs is 3. The predicted molar refractivity (Wildman–Crippen MR) is 114 cm³/mol. The van der Waals surface area contributed by atoms with Crippen LogP contribution >= 0.6 is 0 Å². The number of aryl methyl sites for hydroxylation is 2. The fourth-order valence-electron chi connectivity index (χ4n) is 5.07. The van der Waals surface area contributed by atoms with Crippen LogP contribution in [0, 0.1) is 13.8 Å². The van der Waals surface area contributed by atoms with E-state index in [1.54, 1.807) is 11.9 Å². The van der Waals surface area contributed by atoms with E-state index in [-0.39, 0.29) is 11.5 Å². The molecule has 0 spiro atoms. The van der Waals surface area contributed by atoms with Crippen molar-refractivity contribution in [2.24, 2.45) is 0 Å². The van der Waals surface area contributed by atoms with Gasteiger partial charge in [-0.2, -0.15) is 0 Å². The molecule has 148 valence electrons. The zero-order valence-corrected chi connectivity index (χ0v) is 17.6. The monoisotopic (exact) mass is 379 g/mol. The minimum absolute atomic E-state index is 0.0562. The first-order chi connectivity index (χ1) is 13.2. The zero-order chi connectivity index (χ0) is 20.2. The first-order valence-electron chi connectivity index (χ1n) is 9.83. The van der Waals surface area contributed by atoms with E-state index in [2.05, 4.69) is 49.0 Å². The van der Waals surface area contributed by atoms with Crippen molar-refractivity contribution in [1.29, 1.82) is 0 Å². The highest BCUT2D eigenvalue weighted by atomic mass is 16.6. The lowest BCUT2D eigenvalue weighted by molar-refractivity contribution is 0.209. The number of rotatable bonds is 2. The summed E-state index contributed by atoms with van der Waals surface area (Å²) >= 11 is 0. The number of nitrogens with zero attached hydrogens (tertiary/aromatic N) is 3. The molecule has 5 nitrogen and oxygen atoms in total. The molecule has 0 saturated carbocycles. The van der Waals surface area contributed by atoms with Crippen molar-refractivity contribution in [3.05, 3.63) is 53.1 Å². The predicted octanol–water partition coefficient (Wildman–Crippen LogP) is 4.31. The highest BCUT2D eigenvalue weighted by Gasteiger charge is 2.52. The average Bonchev–Trinajstić information content (AvgIpc) is 3.07. The molecule has 1 saturated heterocycles. The summed E-state index contributed by atoms with van der Waals surface area (Å²) in [7, 11) is 6.08. The third-order valence-corrected chi connectivity index (χ3v) is 6.49. The fourth-order valence-corrected chi connectivity index (χ4v) is 5.07. The molecule has 4 rings (SSSR count). The van der Waals surface area contributed by atoms with Crippen LogP contribution in [0.1, 0.15) is 30.0 Å². The van der Waals surface area contributed by atoms with E-state index in [9.17, 15) is 4.79 Å². The third-order valence-electron chi connectivity index (χ3n) is 6.49. The molecular weight excluding hydrogens is 350 g/mol. The van der Waals surface area contributed by atoms with E-state index in [0.717, 1.165) is 24.2 Å². The SMILES string of the molecule is Cc1ccc(N(C)C(=O)Oc2ccc3c(c2)C2(C)CCN(C)C2N3C)c(C)c1. The van der Waals surface area contributed by atoms with Gasteiger partial charge in [-0.25, -0.2) is 4.79 Å².